The van der Waals surface area contributed by atoms with Gasteiger partial charge in [0.25, 0.3) is 5.91 Å². The molecular formula is C29H32ClN3O4. The largest absolute Gasteiger partial charge is 0.508 e. The molecular weight excluding hydrogens is 490 g/mol. The monoisotopic (exact) mass is 521 g/mol. The highest BCUT2D eigenvalue weighted by atomic mass is 35.5. The Morgan fingerprint density at radius 1 is 1.03 bits per heavy atom. The lowest BCUT2D eigenvalue weighted by atomic mass is 10.0. The average Bonchev–Trinajstić information content (AvgIpc) is 3.22. The van der Waals surface area contributed by atoms with Gasteiger partial charge in [-0.25, -0.2) is 0 Å². The topological polar surface area (TPSA) is 107 Å². The van der Waals surface area contributed by atoms with Gasteiger partial charge in [0.1, 0.15) is 11.4 Å². The summed E-state index contributed by atoms with van der Waals surface area (Å²) in [5, 5.41) is 37.5. The molecule has 0 bridgehead atoms. The van der Waals surface area contributed by atoms with Gasteiger partial charge in [0.05, 0.1) is 12.7 Å². The molecule has 0 aliphatic heterocycles. The molecule has 5 N–H and O–H groups in total. The van der Waals surface area contributed by atoms with Gasteiger partial charge in [0.2, 0.25) is 0 Å². The molecule has 0 saturated heterocycles. The molecule has 4 rings (SSSR count). The Hall–Kier alpha value is -3.36. The van der Waals surface area contributed by atoms with E-state index in [9.17, 15) is 20.1 Å². The second-order valence-electron chi connectivity index (χ2n) is 9.37. The Morgan fingerprint density at radius 3 is 2.49 bits per heavy atom. The Bertz CT molecular complexity index is 1380. The molecule has 4 aromatic rings. The molecule has 1 heterocycles. The van der Waals surface area contributed by atoms with Gasteiger partial charge in [0.15, 0.2) is 0 Å². The molecule has 3 aromatic carbocycles. The maximum atomic E-state index is 12.8. The number of aryl methyl sites for hydroxylation is 1. The third-order valence-corrected chi connectivity index (χ3v) is 6.82. The Kier molecular flexibility index (Phi) is 8.51. The van der Waals surface area contributed by atoms with E-state index in [-0.39, 0.29) is 24.3 Å². The van der Waals surface area contributed by atoms with Gasteiger partial charge in [0, 0.05) is 47.7 Å². The number of aliphatic hydroxyl groups excluding tert-OH is 2. The number of aromatic nitrogens is 1. The fourth-order valence-corrected chi connectivity index (χ4v) is 4.54. The highest BCUT2D eigenvalue weighted by molar-refractivity contribution is 6.30. The molecule has 37 heavy (non-hydrogen) atoms. The van der Waals surface area contributed by atoms with Crippen LogP contribution >= 0.6 is 11.6 Å². The lowest BCUT2D eigenvalue weighted by molar-refractivity contribution is 0.0943. The minimum Gasteiger partial charge on any atom is -0.508 e. The van der Waals surface area contributed by atoms with Crippen LogP contribution in [0.1, 0.15) is 45.8 Å². The first-order chi connectivity index (χ1) is 17.7. The minimum absolute atomic E-state index is 0.0123. The number of halogens is 1. The van der Waals surface area contributed by atoms with Crippen molar-refractivity contribution in [2.45, 2.75) is 38.6 Å². The molecule has 8 heteroatoms. The first-order valence-electron chi connectivity index (χ1n) is 12.2. The summed E-state index contributed by atoms with van der Waals surface area (Å²) < 4.78 is 1.90. The first kappa shape index (κ1) is 26.7. The number of amides is 1. The summed E-state index contributed by atoms with van der Waals surface area (Å²) in [6.45, 7) is 2.52. The minimum atomic E-state index is -0.765. The SMILES string of the molecule is C[C@H](Cc1ccc2c(c1)cc(C(=O)NCc1ccc(Cl)cc1)n2C)NC[C@@H](O)c1ccc(O)c(CO)c1. The fourth-order valence-electron chi connectivity index (χ4n) is 4.41. The zero-order chi connectivity index (χ0) is 26.5. The van der Waals surface area contributed by atoms with Crippen LogP contribution < -0.4 is 10.6 Å². The molecule has 1 aromatic heterocycles. The standard InChI is InChI=1S/C29H32ClN3O4/c1-18(31-16-28(36)21-6-10-27(35)23(13-21)17-34)11-20-5-9-25-22(12-20)14-26(33(25)2)29(37)32-15-19-3-7-24(30)8-4-19/h3-10,12-14,18,28,31,34-36H,11,15-17H2,1-2H3,(H,32,37)/t18-,28-/m1/s1. The number of hydrogen-bond donors (Lipinski definition) is 5. The maximum Gasteiger partial charge on any atom is 0.268 e. The molecule has 0 aliphatic carbocycles. The van der Waals surface area contributed by atoms with Gasteiger partial charge in [-0.2, -0.15) is 0 Å². The van der Waals surface area contributed by atoms with E-state index in [0.29, 0.717) is 34.9 Å². The molecule has 1 amide bonds. The lowest BCUT2D eigenvalue weighted by Crippen LogP contribution is -2.32. The van der Waals surface area contributed by atoms with Crippen molar-refractivity contribution in [2.75, 3.05) is 6.54 Å². The predicted molar refractivity (Wildman–Crippen MR) is 146 cm³/mol. The highest BCUT2D eigenvalue weighted by Gasteiger charge is 2.15. The summed E-state index contributed by atoms with van der Waals surface area (Å²) >= 11 is 5.93. The fraction of sp³-hybridized carbons (Fsp3) is 0.276. The van der Waals surface area contributed by atoms with Crippen LogP contribution in [0, 0.1) is 0 Å². The Morgan fingerprint density at radius 2 is 1.76 bits per heavy atom. The number of phenols is 1. The Balaban J connectivity index is 1.36. The van der Waals surface area contributed by atoms with Crippen molar-refractivity contribution in [3.8, 4) is 5.75 Å². The number of fused-ring (bicyclic) bond motifs is 1. The Labute approximate surface area is 221 Å². The summed E-state index contributed by atoms with van der Waals surface area (Å²) in [5.74, 6) is -0.129. The summed E-state index contributed by atoms with van der Waals surface area (Å²) in [6, 6.07) is 20.3. The number of carbonyl (C=O) groups excluding carboxylic acids is 1. The van der Waals surface area contributed by atoms with Crippen LogP contribution in [0.25, 0.3) is 10.9 Å². The molecule has 0 fully saturated rings. The van der Waals surface area contributed by atoms with E-state index < -0.39 is 6.10 Å². The number of rotatable bonds is 10. The number of aliphatic hydroxyl groups is 2. The molecule has 0 unspecified atom stereocenters. The van der Waals surface area contributed by atoms with Gasteiger partial charge in [-0.15, -0.1) is 0 Å². The summed E-state index contributed by atoms with van der Waals surface area (Å²) in [6.07, 6.45) is -0.0217. The van der Waals surface area contributed by atoms with Crippen molar-refractivity contribution in [3.63, 3.8) is 0 Å². The van der Waals surface area contributed by atoms with E-state index in [1.54, 1.807) is 24.3 Å². The number of nitrogens with one attached hydrogen (secondary N) is 2. The lowest BCUT2D eigenvalue weighted by Gasteiger charge is -2.18. The van der Waals surface area contributed by atoms with E-state index >= 15 is 0 Å². The van der Waals surface area contributed by atoms with Crippen molar-refractivity contribution in [2.24, 2.45) is 7.05 Å². The summed E-state index contributed by atoms with van der Waals surface area (Å²) in [4.78, 5) is 12.8. The van der Waals surface area contributed by atoms with Gasteiger partial charge in [-0.1, -0.05) is 35.9 Å². The van der Waals surface area contributed by atoms with Gasteiger partial charge in [-0.05, 0) is 72.5 Å². The number of aromatic hydroxyl groups is 1. The normalized spacial score (nSPS) is 13.0. The zero-order valence-corrected chi connectivity index (χ0v) is 21.7. The molecule has 7 nitrogen and oxygen atoms in total. The number of nitrogens with zero attached hydrogens (tertiary/aromatic N) is 1. The summed E-state index contributed by atoms with van der Waals surface area (Å²) in [5.41, 5.74) is 4.68. The average molecular weight is 522 g/mol. The molecule has 2 atom stereocenters. The van der Waals surface area contributed by atoms with Crippen molar-refractivity contribution in [3.05, 3.63) is 99.7 Å². The third kappa shape index (κ3) is 6.50. The number of hydrogen-bond acceptors (Lipinski definition) is 5. The van der Waals surface area contributed by atoms with E-state index in [0.717, 1.165) is 28.5 Å². The number of benzene rings is 3. The van der Waals surface area contributed by atoms with Crippen LogP contribution in [0.4, 0.5) is 0 Å². The van der Waals surface area contributed by atoms with Crippen LogP contribution in [-0.2, 0) is 26.6 Å². The van der Waals surface area contributed by atoms with Crippen molar-refractivity contribution < 1.29 is 20.1 Å². The van der Waals surface area contributed by atoms with E-state index in [1.165, 1.54) is 6.07 Å². The predicted octanol–water partition coefficient (Wildman–Crippen LogP) is 4.21. The van der Waals surface area contributed by atoms with Crippen LogP contribution in [0.2, 0.25) is 5.02 Å². The van der Waals surface area contributed by atoms with Gasteiger partial charge < -0.3 is 30.5 Å². The van der Waals surface area contributed by atoms with Gasteiger partial charge >= 0.3 is 0 Å². The highest BCUT2D eigenvalue weighted by Crippen LogP contribution is 2.23. The first-order valence-corrected chi connectivity index (χ1v) is 12.6. The second kappa shape index (κ2) is 11.8. The second-order valence-corrected chi connectivity index (χ2v) is 9.80. The van der Waals surface area contributed by atoms with Crippen molar-refractivity contribution >= 4 is 28.4 Å². The van der Waals surface area contributed by atoms with Crippen LogP contribution in [0.15, 0.2) is 66.7 Å². The van der Waals surface area contributed by atoms with Crippen molar-refractivity contribution in [1.29, 1.82) is 0 Å². The van der Waals surface area contributed by atoms with Crippen LogP contribution in [0.3, 0.4) is 0 Å². The quantitative estimate of drug-likeness (QED) is 0.215. The van der Waals surface area contributed by atoms with Gasteiger partial charge in [-0.3, -0.25) is 4.79 Å². The zero-order valence-electron chi connectivity index (χ0n) is 20.9. The van der Waals surface area contributed by atoms with E-state index in [4.69, 9.17) is 11.6 Å². The molecule has 0 radical (unpaired) electrons. The van der Waals surface area contributed by atoms with E-state index in [2.05, 4.69) is 22.8 Å². The third-order valence-electron chi connectivity index (χ3n) is 6.57. The number of carbonyl (C=O) groups is 1. The van der Waals surface area contributed by atoms with Crippen LogP contribution in [-0.4, -0.2) is 38.4 Å². The maximum absolute atomic E-state index is 12.8. The smallest absolute Gasteiger partial charge is 0.268 e. The molecule has 0 aliphatic rings. The summed E-state index contributed by atoms with van der Waals surface area (Å²) in [7, 11) is 1.89. The molecule has 0 saturated carbocycles. The molecule has 0 spiro atoms. The molecule has 194 valence electrons. The van der Waals surface area contributed by atoms with Crippen molar-refractivity contribution in [1.82, 2.24) is 15.2 Å². The van der Waals surface area contributed by atoms with Crippen LogP contribution in [0.5, 0.6) is 5.75 Å². The van der Waals surface area contributed by atoms with E-state index in [1.807, 2.05) is 42.8 Å².